The second kappa shape index (κ2) is 6.55. The number of benzene rings is 1. The van der Waals surface area contributed by atoms with E-state index >= 15 is 0 Å². The summed E-state index contributed by atoms with van der Waals surface area (Å²) in [6.45, 7) is 6.31. The zero-order valence-corrected chi connectivity index (χ0v) is 13.1. The SMILES string of the molecule is CC(C)(C)OC(=O)CNCc1ccc(Cl)cc1Br. The number of rotatable bonds is 4. The molecule has 0 spiro atoms. The molecule has 0 saturated heterocycles. The maximum absolute atomic E-state index is 11.5. The summed E-state index contributed by atoms with van der Waals surface area (Å²) in [6, 6.07) is 5.55. The third-order valence-electron chi connectivity index (χ3n) is 2.02. The quantitative estimate of drug-likeness (QED) is 0.856. The maximum Gasteiger partial charge on any atom is 0.320 e. The minimum Gasteiger partial charge on any atom is -0.459 e. The van der Waals surface area contributed by atoms with E-state index in [1.165, 1.54) is 0 Å². The van der Waals surface area contributed by atoms with Crippen LogP contribution in [0.5, 0.6) is 0 Å². The second-order valence-corrected chi connectivity index (χ2v) is 6.22. The van der Waals surface area contributed by atoms with Crippen molar-refractivity contribution < 1.29 is 9.53 Å². The summed E-state index contributed by atoms with van der Waals surface area (Å²) < 4.78 is 6.11. The average Bonchev–Trinajstić information content (AvgIpc) is 2.18. The number of carbonyl (C=O) groups excluding carboxylic acids is 1. The molecular weight excluding hydrogens is 318 g/mol. The summed E-state index contributed by atoms with van der Waals surface area (Å²) in [5, 5.41) is 3.72. The summed E-state index contributed by atoms with van der Waals surface area (Å²) in [5.41, 5.74) is 0.600. The van der Waals surface area contributed by atoms with Crippen molar-refractivity contribution in [2.75, 3.05) is 6.54 Å². The van der Waals surface area contributed by atoms with Crippen LogP contribution in [0.3, 0.4) is 0 Å². The molecule has 0 saturated carbocycles. The Morgan fingerprint density at radius 1 is 1.44 bits per heavy atom. The van der Waals surface area contributed by atoms with E-state index in [0.29, 0.717) is 11.6 Å². The lowest BCUT2D eigenvalue weighted by atomic mass is 10.2. The fourth-order valence-corrected chi connectivity index (χ4v) is 2.16. The summed E-state index contributed by atoms with van der Waals surface area (Å²) in [4.78, 5) is 11.5. The molecule has 3 nitrogen and oxygen atoms in total. The molecule has 1 N–H and O–H groups in total. The molecule has 0 aliphatic heterocycles. The van der Waals surface area contributed by atoms with E-state index < -0.39 is 5.60 Å². The van der Waals surface area contributed by atoms with Crippen LogP contribution in [0.2, 0.25) is 5.02 Å². The Bertz CT molecular complexity index is 429. The monoisotopic (exact) mass is 333 g/mol. The van der Waals surface area contributed by atoms with Gasteiger partial charge in [0.1, 0.15) is 5.60 Å². The summed E-state index contributed by atoms with van der Waals surface area (Å²) in [5.74, 6) is -0.257. The highest BCUT2D eigenvalue weighted by Gasteiger charge is 2.15. The molecule has 0 radical (unpaired) electrons. The smallest absolute Gasteiger partial charge is 0.320 e. The van der Waals surface area contributed by atoms with Crippen molar-refractivity contribution in [2.24, 2.45) is 0 Å². The first-order chi connectivity index (χ1) is 8.28. The van der Waals surface area contributed by atoms with E-state index in [4.69, 9.17) is 16.3 Å². The Hall–Kier alpha value is -0.580. The van der Waals surface area contributed by atoms with Gasteiger partial charge in [-0.15, -0.1) is 0 Å². The first-order valence-corrected chi connectivity index (χ1v) is 6.81. The molecular formula is C13H17BrClNO2. The van der Waals surface area contributed by atoms with Crippen molar-refractivity contribution in [1.82, 2.24) is 5.32 Å². The molecule has 100 valence electrons. The number of hydrogen-bond acceptors (Lipinski definition) is 3. The van der Waals surface area contributed by atoms with Gasteiger partial charge in [0.25, 0.3) is 0 Å². The highest BCUT2D eigenvalue weighted by Crippen LogP contribution is 2.21. The zero-order valence-electron chi connectivity index (χ0n) is 10.7. The van der Waals surface area contributed by atoms with Crippen molar-refractivity contribution >= 4 is 33.5 Å². The fraction of sp³-hybridized carbons (Fsp3) is 0.462. The van der Waals surface area contributed by atoms with Crippen LogP contribution in [0.4, 0.5) is 0 Å². The van der Waals surface area contributed by atoms with Crippen LogP contribution >= 0.6 is 27.5 Å². The molecule has 1 rings (SSSR count). The van der Waals surface area contributed by atoms with Crippen LogP contribution in [0.1, 0.15) is 26.3 Å². The van der Waals surface area contributed by atoms with Crippen molar-refractivity contribution in [3.8, 4) is 0 Å². The van der Waals surface area contributed by atoms with Gasteiger partial charge in [0, 0.05) is 16.0 Å². The lowest BCUT2D eigenvalue weighted by Crippen LogP contribution is -2.31. The van der Waals surface area contributed by atoms with Gasteiger partial charge < -0.3 is 10.1 Å². The van der Waals surface area contributed by atoms with Gasteiger partial charge in [-0.1, -0.05) is 33.6 Å². The predicted molar refractivity (Wildman–Crippen MR) is 76.7 cm³/mol. The van der Waals surface area contributed by atoms with Crippen LogP contribution in [-0.2, 0) is 16.1 Å². The van der Waals surface area contributed by atoms with Crippen molar-refractivity contribution in [3.05, 3.63) is 33.3 Å². The standard InChI is InChI=1S/C13H17BrClNO2/c1-13(2,3)18-12(17)8-16-7-9-4-5-10(15)6-11(9)14/h4-6,16H,7-8H2,1-3H3. The van der Waals surface area contributed by atoms with Crippen molar-refractivity contribution in [1.29, 1.82) is 0 Å². The highest BCUT2D eigenvalue weighted by atomic mass is 79.9. The van der Waals surface area contributed by atoms with E-state index in [0.717, 1.165) is 10.0 Å². The number of ether oxygens (including phenoxy) is 1. The highest BCUT2D eigenvalue weighted by molar-refractivity contribution is 9.10. The maximum atomic E-state index is 11.5. The fourth-order valence-electron chi connectivity index (χ4n) is 1.34. The minimum absolute atomic E-state index is 0.187. The van der Waals surface area contributed by atoms with Crippen LogP contribution in [0, 0.1) is 0 Å². The molecule has 0 atom stereocenters. The van der Waals surface area contributed by atoms with Gasteiger partial charge in [-0.3, -0.25) is 4.79 Å². The van der Waals surface area contributed by atoms with Crippen LogP contribution in [-0.4, -0.2) is 18.1 Å². The van der Waals surface area contributed by atoms with Gasteiger partial charge in [0.15, 0.2) is 0 Å². The lowest BCUT2D eigenvalue weighted by molar-refractivity contribution is -0.153. The van der Waals surface area contributed by atoms with Crippen LogP contribution < -0.4 is 5.32 Å². The number of nitrogens with one attached hydrogen (secondary N) is 1. The van der Waals surface area contributed by atoms with Gasteiger partial charge in [0.05, 0.1) is 6.54 Å². The second-order valence-electron chi connectivity index (χ2n) is 4.93. The van der Waals surface area contributed by atoms with Gasteiger partial charge in [-0.2, -0.15) is 0 Å². The van der Waals surface area contributed by atoms with E-state index in [1.807, 2.05) is 39.0 Å². The molecule has 0 heterocycles. The molecule has 1 aromatic rings. The molecule has 5 heteroatoms. The van der Waals surface area contributed by atoms with Gasteiger partial charge in [-0.25, -0.2) is 0 Å². The van der Waals surface area contributed by atoms with Gasteiger partial charge in [0.2, 0.25) is 0 Å². The van der Waals surface area contributed by atoms with E-state index in [1.54, 1.807) is 0 Å². The average molecular weight is 335 g/mol. The first kappa shape index (κ1) is 15.5. The summed E-state index contributed by atoms with van der Waals surface area (Å²) in [6.07, 6.45) is 0. The molecule has 1 aromatic carbocycles. The van der Waals surface area contributed by atoms with E-state index in [-0.39, 0.29) is 12.5 Å². The summed E-state index contributed by atoms with van der Waals surface area (Å²) >= 11 is 9.27. The lowest BCUT2D eigenvalue weighted by Gasteiger charge is -2.19. The molecule has 18 heavy (non-hydrogen) atoms. The van der Waals surface area contributed by atoms with E-state index in [2.05, 4.69) is 21.2 Å². The summed E-state index contributed by atoms with van der Waals surface area (Å²) in [7, 11) is 0. The molecule has 0 amide bonds. The minimum atomic E-state index is -0.445. The topological polar surface area (TPSA) is 38.3 Å². The number of esters is 1. The largest absolute Gasteiger partial charge is 0.459 e. The Morgan fingerprint density at radius 2 is 2.11 bits per heavy atom. The Kier molecular flexibility index (Phi) is 5.63. The van der Waals surface area contributed by atoms with Crippen LogP contribution in [0.25, 0.3) is 0 Å². The van der Waals surface area contributed by atoms with Crippen molar-refractivity contribution in [2.45, 2.75) is 32.9 Å². The molecule has 0 bridgehead atoms. The Morgan fingerprint density at radius 3 is 2.67 bits per heavy atom. The van der Waals surface area contributed by atoms with Gasteiger partial charge >= 0.3 is 5.97 Å². The predicted octanol–water partition coefficient (Wildman–Crippen LogP) is 3.53. The number of halogens is 2. The number of carbonyl (C=O) groups is 1. The Balaban J connectivity index is 2.40. The van der Waals surface area contributed by atoms with Crippen molar-refractivity contribution in [3.63, 3.8) is 0 Å². The molecule has 0 unspecified atom stereocenters. The zero-order chi connectivity index (χ0) is 13.8. The molecule has 0 aliphatic carbocycles. The van der Waals surface area contributed by atoms with Gasteiger partial charge in [-0.05, 0) is 38.5 Å². The number of hydrogen-bond donors (Lipinski definition) is 1. The molecule has 0 aliphatic rings. The van der Waals surface area contributed by atoms with Crippen LogP contribution in [0.15, 0.2) is 22.7 Å². The molecule has 0 aromatic heterocycles. The first-order valence-electron chi connectivity index (χ1n) is 5.64. The molecule has 0 fully saturated rings. The third kappa shape index (κ3) is 5.85. The normalized spacial score (nSPS) is 11.4. The third-order valence-corrected chi connectivity index (χ3v) is 2.99. The Labute approximate surface area is 121 Å². The van der Waals surface area contributed by atoms with E-state index in [9.17, 15) is 4.79 Å².